The van der Waals surface area contributed by atoms with Gasteiger partial charge in [0.25, 0.3) is 0 Å². The maximum Gasteiger partial charge on any atom is 0.136 e. The van der Waals surface area contributed by atoms with Gasteiger partial charge in [-0.05, 0) is 38.1 Å². The lowest BCUT2D eigenvalue weighted by Gasteiger charge is -2.02. The van der Waals surface area contributed by atoms with Crippen LogP contribution in [0.2, 0.25) is 5.15 Å². The van der Waals surface area contributed by atoms with E-state index in [9.17, 15) is 5.11 Å². The van der Waals surface area contributed by atoms with Gasteiger partial charge in [0, 0.05) is 5.56 Å². The molecular weight excluding hydrogens is 212 g/mol. The average Bonchev–Trinajstić information content (AvgIpc) is 2.47. The number of nitrogens with zero attached hydrogens (tertiary/aromatic N) is 2. The van der Waals surface area contributed by atoms with Gasteiger partial charge in [-0.1, -0.05) is 11.6 Å². The molecule has 0 amide bonds. The third-order valence-corrected chi connectivity index (χ3v) is 2.83. The Labute approximate surface area is 92.9 Å². The molecule has 3 nitrogen and oxygen atoms in total. The number of rotatable bonds is 1. The SMILES string of the molecule is Cc1nn(-c2ccc(O)cc2)c(Cl)c1C. The summed E-state index contributed by atoms with van der Waals surface area (Å²) in [7, 11) is 0. The van der Waals surface area contributed by atoms with Crippen molar-refractivity contribution in [3.63, 3.8) is 0 Å². The summed E-state index contributed by atoms with van der Waals surface area (Å²) in [4.78, 5) is 0. The number of phenolic OH excluding ortho intramolecular Hbond substituents is 1. The van der Waals surface area contributed by atoms with Crippen LogP contribution in [0.15, 0.2) is 24.3 Å². The van der Waals surface area contributed by atoms with Gasteiger partial charge >= 0.3 is 0 Å². The highest BCUT2D eigenvalue weighted by atomic mass is 35.5. The van der Waals surface area contributed by atoms with Crippen molar-refractivity contribution in [1.82, 2.24) is 9.78 Å². The molecule has 0 atom stereocenters. The maximum atomic E-state index is 9.17. The molecule has 2 aromatic rings. The number of halogens is 1. The van der Waals surface area contributed by atoms with Crippen LogP contribution < -0.4 is 0 Å². The molecule has 15 heavy (non-hydrogen) atoms. The molecule has 2 rings (SSSR count). The van der Waals surface area contributed by atoms with Crippen molar-refractivity contribution in [3.8, 4) is 11.4 Å². The molecular formula is C11H11ClN2O. The van der Waals surface area contributed by atoms with Crippen molar-refractivity contribution in [2.24, 2.45) is 0 Å². The molecule has 0 fully saturated rings. The Morgan fingerprint density at radius 3 is 2.27 bits per heavy atom. The quantitative estimate of drug-likeness (QED) is 0.806. The van der Waals surface area contributed by atoms with Crippen LogP contribution in [0.25, 0.3) is 5.69 Å². The second kappa shape index (κ2) is 3.59. The summed E-state index contributed by atoms with van der Waals surface area (Å²) < 4.78 is 1.66. The first kappa shape index (κ1) is 10.1. The van der Waals surface area contributed by atoms with Crippen LogP contribution in [0, 0.1) is 13.8 Å². The summed E-state index contributed by atoms with van der Waals surface area (Å²) in [5, 5.41) is 14.1. The minimum absolute atomic E-state index is 0.232. The Morgan fingerprint density at radius 2 is 1.80 bits per heavy atom. The number of aryl methyl sites for hydroxylation is 1. The lowest BCUT2D eigenvalue weighted by molar-refractivity contribution is 0.475. The van der Waals surface area contributed by atoms with Gasteiger partial charge in [-0.2, -0.15) is 5.10 Å². The zero-order chi connectivity index (χ0) is 11.0. The minimum atomic E-state index is 0.232. The number of hydrogen-bond acceptors (Lipinski definition) is 2. The lowest BCUT2D eigenvalue weighted by Crippen LogP contribution is -1.95. The predicted molar refractivity (Wildman–Crippen MR) is 59.7 cm³/mol. The zero-order valence-corrected chi connectivity index (χ0v) is 9.28. The number of aromatic nitrogens is 2. The normalized spacial score (nSPS) is 10.6. The van der Waals surface area contributed by atoms with Crippen LogP contribution in [0.1, 0.15) is 11.3 Å². The first-order chi connectivity index (χ1) is 7.09. The molecule has 1 N–H and O–H groups in total. The molecule has 0 bridgehead atoms. The van der Waals surface area contributed by atoms with Gasteiger partial charge in [-0.15, -0.1) is 0 Å². The fraction of sp³-hybridized carbons (Fsp3) is 0.182. The third kappa shape index (κ3) is 1.70. The number of phenols is 1. The van der Waals surface area contributed by atoms with Crippen LogP contribution in [0.4, 0.5) is 0 Å². The van der Waals surface area contributed by atoms with E-state index in [1.165, 1.54) is 0 Å². The third-order valence-electron chi connectivity index (χ3n) is 2.38. The number of benzene rings is 1. The summed E-state index contributed by atoms with van der Waals surface area (Å²) in [6.45, 7) is 3.85. The molecule has 0 unspecified atom stereocenters. The summed E-state index contributed by atoms with van der Waals surface area (Å²) in [6.07, 6.45) is 0. The van der Waals surface area contributed by atoms with E-state index >= 15 is 0 Å². The standard InChI is InChI=1S/C11H11ClN2O/c1-7-8(2)13-14(11(7)12)9-3-5-10(15)6-4-9/h3-6,15H,1-2H3. The van der Waals surface area contributed by atoms with Crippen molar-refractivity contribution in [2.75, 3.05) is 0 Å². The fourth-order valence-electron chi connectivity index (χ4n) is 1.34. The highest BCUT2D eigenvalue weighted by Crippen LogP contribution is 2.23. The Morgan fingerprint density at radius 1 is 1.20 bits per heavy atom. The Bertz CT molecular complexity index is 488. The summed E-state index contributed by atoms with van der Waals surface area (Å²) in [6, 6.07) is 6.76. The summed E-state index contributed by atoms with van der Waals surface area (Å²) >= 11 is 6.13. The fourth-order valence-corrected chi connectivity index (χ4v) is 1.61. The van der Waals surface area contributed by atoms with Gasteiger partial charge in [0.15, 0.2) is 0 Å². The number of aromatic hydroxyl groups is 1. The molecule has 0 radical (unpaired) electrons. The molecule has 0 saturated carbocycles. The topological polar surface area (TPSA) is 38.0 Å². The van der Waals surface area contributed by atoms with E-state index in [0.29, 0.717) is 5.15 Å². The van der Waals surface area contributed by atoms with Crippen molar-refractivity contribution >= 4 is 11.6 Å². The molecule has 1 heterocycles. The lowest BCUT2D eigenvalue weighted by atomic mass is 10.3. The average molecular weight is 223 g/mol. The van der Waals surface area contributed by atoms with Crippen molar-refractivity contribution < 1.29 is 5.11 Å². The predicted octanol–water partition coefficient (Wildman–Crippen LogP) is 2.85. The van der Waals surface area contributed by atoms with Gasteiger partial charge in [-0.25, -0.2) is 4.68 Å². The van der Waals surface area contributed by atoms with E-state index in [2.05, 4.69) is 5.10 Å². The molecule has 0 spiro atoms. The second-order valence-electron chi connectivity index (χ2n) is 3.43. The van der Waals surface area contributed by atoms with Crippen LogP contribution in [0.3, 0.4) is 0 Å². The van der Waals surface area contributed by atoms with E-state index in [1.54, 1.807) is 28.9 Å². The first-order valence-electron chi connectivity index (χ1n) is 4.60. The van der Waals surface area contributed by atoms with E-state index in [-0.39, 0.29) is 5.75 Å². The highest BCUT2D eigenvalue weighted by molar-refractivity contribution is 6.30. The first-order valence-corrected chi connectivity index (χ1v) is 4.98. The summed E-state index contributed by atoms with van der Waals surface area (Å²) in [5.41, 5.74) is 2.73. The second-order valence-corrected chi connectivity index (χ2v) is 3.79. The van der Waals surface area contributed by atoms with Gasteiger partial charge in [0.05, 0.1) is 11.4 Å². The van der Waals surface area contributed by atoms with Gasteiger partial charge in [0.2, 0.25) is 0 Å². The van der Waals surface area contributed by atoms with Crippen molar-refractivity contribution in [3.05, 3.63) is 40.7 Å². The van der Waals surface area contributed by atoms with Crippen LogP contribution >= 0.6 is 11.6 Å². The monoisotopic (exact) mass is 222 g/mol. The minimum Gasteiger partial charge on any atom is -0.508 e. The summed E-state index contributed by atoms with van der Waals surface area (Å²) in [5.74, 6) is 0.232. The molecule has 4 heteroatoms. The van der Waals surface area contributed by atoms with Crippen molar-refractivity contribution in [2.45, 2.75) is 13.8 Å². The number of hydrogen-bond donors (Lipinski definition) is 1. The van der Waals surface area contributed by atoms with Crippen LogP contribution in [-0.2, 0) is 0 Å². The Balaban J connectivity index is 2.54. The van der Waals surface area contributed by atoms with Gasteiger partial charge < -0.3 is 5.11 Å². The Kier molecular flexibility index (Phi) is 2.40. The van der Waals surface area contributed by atoms with E-state index in [0.717, 1.165) is 16.9 Å². The van der Waals surface area contributed by atoms with E-state index < -0.39 is 0 Å². The highest BCUT2D eigenvalue weighted by Gasteiger charge is 2.10. The molecule has 1 aromatic carbocycles. The smallest absolute Gasteiger partial charge is 0.136 e. The molecule has 0 aliphatic rings. The van der Waals surface area contributed by atoms with Crippen molar-refractivity contribution in [1.29, 1.82) is 0 Å². The van der Waals surface area contributed by atoms with Crippen LogP contribution in [0.5, 0.6) is 5.75 Å². The van der Waals surface area contributed by atoms with E-state index in [4.69, 9.17) is 11.6 Å². The zero-order valence-electron chi connectivity index (χ0n) is 8.53. The molecule has 78 valence electrons. The van der Waals surface area contributed by atoms with E-state index in [1.807, 2.05) is 13.8 Å². The molecule has 0 aliphatic heterocycles. The molecule has 1 aromatic heterocycles. The molecule has 0 saturated heterocycles. The largest absolute Gasteiger partial charge is 0.508 e. The van der Waals surface area contributed by atoms with Crippen LogP contribution in [-0.4, -0.2) is 14.9 Å². The van der Waals surface area contributed by atoms with Gasteiger partial charge in [0.1, 0.15) is 10.9 Å². The molecule has 0 aliphatic carbocycles. The Hall–Kier alpha value is -1.48. The maximum absolute atomic E-state index is 9.17. The van der Waals surface area contributed by atoms with Gasteiger partial charge in [-0.3, -0.25) is 0 Å².